The number of aliphatic imine (C=N–C) groups is 1. The van der Waals surface area contributed by atoms with Crippen LogP contribution in [0.3, 0.4) is 0 Å². The average molecular weight is 341 g/mol. The number of unbranched alkanes of at least 4 members (excludes halogenated alkanes) is 3. The van der Waals surface area contributed by atoms with Crippen LogP contribution in [-0.4, -0.2) is 73.7 Å². The van der Waals surface area contributed by atoms with Crippen LogP contribution in [0.5, 0.6) is 0 Å². The minimum absolute atomic E-state index is 0. The van der Waals surface area contributed by atoms with Gasteiger partial charge in [0.05, 0.1) is 0 Å². The Morgan fingerprint density at radius 3 is 2.05 bits per heavy atom. The van der Waals surface area contributed by atoms with E-state index in [0.717, 1.165) is 6.54 Å². The van der Waals surface area contributed by atoms with Crippen molar-refractivity contribution in [3.8, 4) is 0 Å². The van der Waals surface area contributed by atoms with Crippen LogP contribution in [0.4, 0.5) is 0 Å². The predicted octanol–water partition coefficient (Wildman–Crippen LogP) is 3.06. The molecule has 0 amide bonds. The van der Waals surface area contributed by atoms with Crippen LogP contribution >= 0.6 is 34.0 Å². The maximum absolute atomic E-state index is 4.71. The Balaban J connectivity index is 0.00000361. The number of rotatable bonds is 8. The van der Waals surface area contributed by atoms with Gasteiger partial charge in [-0.15, -0.1) is 12.4 Å². The molecule has 0 bridgehead atoms. The third kappa shape index (κ3) is 7.98. The SMILES string of the molecule is CN(C)CCCCCCN(C)C1=NC(N(C)C)SS1.Cl. The van der Waals surface area contributed by atoms with E-state index in [1.807, 2.05) is 10.8 Å². The third-order valence-corrected chi connectivity index (χ3v) is 5.66. The van der Waals surface area contributed by atoms with E-state index >= 15 is 0 Å². The Morgan fingerprint density at radius 2 is 1.55 bits per heavy atom. The van der Waals surface area contributed by atoms with Crippen molar-refractivity contribution >= 4 is 39.2 Å². The number of amidine groups is 1. The van der Waals surface area contributed by atoms with Crippen molar-refractivity contribution in [2.45, 2.75) is 31.2 Å². The largest absolute Gasteiger partial charge is 0.354 e. The maximum Gasteiger partial charge on any atom is 0.172 e. The van der Waals surface area contributed by atoms with Gasteiger partial charge in [0.15, 0.2) is 10.7 Å². The molecule has 0 N–H and O–H groups in total. The minimum atomic E-state index is 0. The van der Waals surface area contributed by atoms with Gasteiger partial charge in [-0.25, -0.2) is 4.99 Å². The normalized spacial score (nSPS) is 18.4. The van der Waals surface area contributed by atoms with Crippen molar-refractivity contribution in [1.82, 2.24) is 14.7 Å². The van der Waals surface area contributed by atoms with Crippen molar-refractivity contribution < 1.29 is 0 Å². The first-order valence-corrected chi connectivity index (χ1v) is 9.15. The monoisotopic (exact) mass is 340 g/mol. The van der Waals surface area contributed by atoms with E-state index in [-0.39, 0.29) is 17.9 Å². The predicted molar refractivity (Wildman–Crippen MR) is 97.0 cm³/mol. The topological polar surface area (TPSA) is 22.1 Å². The molecule has 0 saturated carbocycles. The molecule has 0 radical (unpaired) electrons. The average Bonchev–Trinajstić information content (AvgIpc) is 2.82. The summed E-state index contributed by atoms with van der Waals surface area (Å²) < 4.78 is 0. The first-order valence-electron chi connectivity index (χ1n) is 6.94. The van der Waals surface area contributed by atoms with Crippen molar-refractivity contribution in [3.63, 3.8) is 0 Å². The van der Waals surface area contributed by atoms with Gasteiger partial charge >= 0.3 is 0 Å². The summed E-state index contributed by atoms with van der Waals surface area (Å²) in [6.07, 6.45) is 5.23. The maximum atomic E-state index is 4.71. The van der Waals surface area contributed by atoms with E-state index < -0.39 is 0 Å². The fourth-order valence-electron chi connectivity index (χ4n) is 1.81. The lowest BCUT2D eigenvalue weighted by Gasteiger charge is -2.17. The molecule has 120 valence electrons. The fourth-order valence-corrected chi connectivity index (χ4v) is 4.40. The Bertz CT molecular complexity index is 288. The van der Waals surface area contributed by atoms with Crippen LogP contribution in [0.2, 0.25) is 0 Å². The van der Waals surface area contributed by atoms with Gasteiger partial charge < -0.3 is 9.80 Å². The summed E-state index contributed by atoms with van der Waals surface area (Å²) >= 11 is 0. The number of halogens is 1. The molecule has 1 rings (SSSR count). The van der Waals surface area contributed by atoms with E-state index in [1.165, 1.54) is 37.4 Å². The summed E-state index contributed by atoms with van der Waals surface area (Å²) in [6, 6.07) is 0. The first-order chi connectivity index (χ1) is 9.00. The van der Waals surface area contributed by atoms with Gasteiger partial charge in [0, 0.05) is 13.6 Å². The molecule has 0 spiro atoms. The van der Waals surface area contributed by atoms with Crippen molar-refractivity contribution in [3.05, 3.63) is 0 Å². The molecular weight excluding hydrogens is 312 g/mol. The van der Waals surface area contributed by atoms with E-state index in [0.29, 0.717) is 0 Å². The second-order valence-electron chi connectivity index (χ2n) is 5.52. The van der Waals surface area contributed by atoms with Crippen LogP contribution in [0.15, 0.2) is 4.99 Å². The molecule has 20 heavy (non-hydrogen) atoms. The molecule has 0 saturated heterocycles. The van der Waals surface area contributed by atoms with E-state index in [4.69, 9.17) is 4.99 Å². The molecule has 1 heterocycles. The summed E-state index contributed by atoms with van der Waals surface area (Å²) in [5.41, 5.74) is 0.280. The second-order valence-corrected chi connectivity index (χ2v) is 7.74. The van der Waals surface area contributed by atoms with Gasteiger partial charge in [0.25, 0.3) is 0 Å². The zero-order chi connectivity index (χ0) is 14.3. The molecule has 0 aromatic carbocycles. The van der Waals surface area contributed by atoms with E-state index in [9.17, 15) is 0 Å². The van der Waals surface area contributed by atoms with Crippen LogP contribution < -0.4 is 0 Å². The van der Waals surface area contributed by atoms with Crippen LogP contribution in [0, 0.1) is 0 Å². The van der Waals surface area contributed by atoms with Crippen LogP contribution in [-0.2, 0) is 0 Å². The summed E-state index contributed by atoms with van der Waals surface area (Å²) in [4.78, 5) is 11.4. The smallest absolute Gasteiger partial charge is 0.172 e. The molecule has 0 aliphatic carbocycles. The first kappa shape index (κ1) is 20.4. The molecule has 0 fully saturated rings. The molecular formula is C13H29ClN4S2. The summed E-state index contributed by atoms with van der Waals surface area (Å²) in [5.74, 6) is 0. The van der Waals surface area contributed by atoms with Gasteiger partial charge in [0.1, 0.15) is 0 Å². The zero-order valence-electron chi connectivity index (χ0n) is 13.3. The summed E-state index contributed by atoms with van der Waals surface area (Å²) in [7, 11) is 14.2. The lowest BCUT2D eigenvalue weighted by atomic mass is 10.2. The third-order valence-electron chi connectivity index (χ3n) is 3.05. The lowest BCUT2D eigenvalue weighted by Crippen LogP contribution is -2.25. The quantitative estimate of drug-likeness (QED) is 0.499. The Labute approximate surface area is 138 Å². The highest BCUT2D eigenvalue weighted by molar-refractivity contribution is 8.82. The molecule has 4 nitrogen and oxygen atoms in total. The molecule has 0 aromatic heterocycles. The van der Waals surface area contributed by atoms with Gasteiger partial charge in [-0.05, 0) is 69.2 Å². The van der Waals surface area contributed by atoms with E-state index in [2.05, 4.69) is 49.9 Å². The number of hydrogen-bond acceptors (Lipinski definition) is 6. The fraction of sp³-hybridized carbons (Fsp3) is 0.923. The van der Waals surface area contributed by atoms with Gasteiger partial charge in [0.2, 0.25) is 0 Å². The highest BCUT2D eigenvalue weighted by atomic mass is 35.5. The van der Waals surface area contributed by atoms with Gasteiger partial charge in [-0.2, -0.15) is 0 Å². The molecule has 7 heteroatoms. The molecule has 0 aromatic rings. The second kappa shape index (κ2) is 11.0. The molecule has 1 atom stereocenters. The van der Waals surface area contributed by atoms with Crippen LogP contribution in [0.1, 0.15) is 25.7 Å². The number of nitrogens with zero attached hydrogens (tertiary/aromatic N) is 4. The minimum Gasteiger partial charge on any atom is -0.354 e. The van der Waals surface area contributed by atoms with Crippen molar-refractivity contribution in [2.24, 2.45) is 4.99 Å². The highest BCUT2D eigenvalue weighted by Crippen LogP contribution is 2.37. The number of hydrogen-bond donors (Lipinski definition) is 0. The van der Waals surface area contributed by atoms with Crippen molar-refractivity contribution in [1.29, 1.82) is 0 Å². The Hall–Kier alpha value is 0.380. The van der Waals surface area contributed by atoms with E-state index in [1.54, 1.807) is 10.8 Å². The van der Waals surface area contributed by atoms with Gasteiger partial charge in [-0.3, -0.25) is 4.90 Å². The molecule has 1 aliphatic heterocycles. The van der Waals surface area contributed by atoms with Crippen molar-refractivity contribution in [2.75, 3.05) is 48.3 Å². The summed E-state index contributed by atoms with van der Waals surface area (Å²) in [6.45, 7) is 2.33. The standard InChI is InChI=1S/C13H28N4S2.ClH/c1-15(2)10-8-6-7-9-11-17(5)13-14-12(16(3)4)18-19-13;/h12H,6-11H2,1-5H3;1H. The zero-order valence-corrected chi connectivity index (χ0v) is 15.8. The van der Waals surface area contributed by atoms with Gasteiger partial charge in [-0.1, -0.05) is 12.8 Å². The molecule has 1 aliphatic rings. The molecule has 1 unspecified atom stereocenters. The Kier molecular flexibility index (Phi) is 11.2. The Morgan fingerprint density at radius 1 is 0.950 bits per heavy atom. The highest BCUT2D eigenvalue weighted by Gasteiger charge is 2.23. The summed E-state index contributed by atoms with van der Waals surface area (Å²) in [5, 5.41) is 1.18. The van der Waals surface area contributed by atoms with Crippen LogP contribution in [0.25, 0.3) is 0 Å². The lowest BCUT2D eigenvalue weighted by molar-refractivity contribution is 0.382.